The van der Waals surface area contributed by atoms with Gasteiger partial charge in [0.15, 0.2) is 5.76 Å². The molecule has 0 unspecified atom stereocenters. The summed E-state index contributed by atoms with van der Waals surface area (Å²) in [6, 6.07) is 17.8. The Labute approximate surface area is 144 Å². The van der Waals surface area contributed by atoms with Gasteiger partial charge in [0.05, 0.1) is 17.3 Å². The van der Waals surface area contributed by atoms with Crippen molar-refractivity contribution in [1.29, 1.82) is 0 Å². The third-order valence-corrected chi connectivity index (χ3v) is 4.19. The molecule has 0 bridgehead atoms. The van der Waals surface area contributed by atoms with E-state index < -0.39 is 0 Å². The van der Waals surface area contributed by atoms with Gasteiger partial charge in [-0.3, -0.25) is 9.36 Å². The van der Waals surface area contributed by atoms with Crippen molar-refractivity contribution < 1.29 is 9.21 Å². The Morgan fingerprint density at radius 1 is 1.12 bits per heavy atom. The predicted molar refractivity (Wildman–Crippen MR) is 95.7 cm³/mol. The minimum atomic E-state index is -0.202. The van der Waals surface area contributed by atoms with Crippen LogP contribution in [0.25, 0.3) is 16.7 Å². The molecule has 25 heavy (non-hydrogen) atoms. The number of carbonyl (C=O) groups excluding carboxylic acids is 1. The number of amides is 1. The van der Waals surface area contributed by atoms with E-state index in [9.17, 15) is 4.79 Å². The molecular formula is C20H17N3O2. The van der Waals surface area contributed by atoms with E-state index in [1.807, 2.05) is 66.3 Å². The molecule has 4 aromatic rings. The van der Waals surface area contributed by atoms with Crippen molar-refractivity contribution in [2.45, 2.75) is 13.5 Å². The Morgan fingerprint density at radius 2 is 1.92 bits per heavy atom. The van der Waals surface area contributed by atoms with Crippen LogP contribution < -0.4 is 5.32 Å². The second kappa shape index (κ2) is 6.28. The van der Waals surface area contributed by atoms with Crippen molar-refractivity contribution in [3.05, 3.63) is 84.1 Å². The summed E-state index contributed by atoms with van der Waals surface area (Å²) in [6.07, 6.45) is 3.34. The monoisotopic (exact) mass is 331 g/mol. The molecule has 1 amide bonds. The Morgan fingerprint density at radius 3 is 2.68 bits per heavy atom. The minimum Gasteiger partial charge on any atom is -0.459 e. The molecule has 4 rings (SSSR count). The fourth-order valence-electron chi connectivity index (χ4n) is 2.81. The highest BCUT2D eigenvalue weighted by Crippen LogP contribution is 2.18. The summed E-state index contributed by atoms with van der Waals surface area (Å²) in [7, 11) is 0. The van der Waals surface area contributed by atoms with Crippen LogP contribution in [0.4, 0.5) is 0 Å². The summed E-state index contributed by atoms with van der Waals surface area (Å²) >= 11 is 0. The van der Waals surface area contributed by atoms with Gasteiger partial charge in [-0.15, -0.1) is 0 Å². The van der Waals surface area contributed by atoms with E-state index >= 15 is 0 Å². The zero-order chi connectivity index (χ0) is 17.2. The first-order chi connectivity index (χ1) is 12.2. The lowest BCUT2D eigenvalue weighted by molar-refractivity contribution is 0.0922. The van der Waals surface area contributed by atoms with Gasteiger partial charge in [-0.25, -0.2) is 4.98 Å². The smallest absolute Gasteiger partial charge is 0.287 e. The number of imidazole rings is 1. The number of aromatic nitrogens is 2. The summed E-state index contributed by atoms with van der Waals surface area (Å²) in [5.41, 5.74) is 4.92. The maximum atomic E-state index is 12.1. The molecule has 5 heteroatoms. The number of hydrogen-bond donors (Lipinski definition) is 1. The van der Waals surface area contributed by atoms with Gasteiger partial charge in [-0.2, -0.15) is 0 Å². The maximum Gasteiger partial charge on any atom is 0.287 e. The minimum absolute atomic E-state index is 0.202. The first-order valence-electron chi connectivity index (χ1n) is 8.06. The van der Waals surface area contributed by atoms with Crippen LogP contribution in [0, 0.1) is 6.92 Å². The molecule has 0 radical (unpaired) electrons. The van der Waals surface area contributed by atoms with Crippen molar-refractivity contribution in [2.24, 2.45) is 0 Å². The van der Waals surface area contributed by atoms with Crippen molar-refractivity contribution >= 4 is 16.9 Å². The first kappa shape index (κ1) is 15.2. The molecule has 2 aromatic carbocycles. The SMILES string of the molecule is Cc1ccoc1C(=O)NCc1ccc(-n2cnc3ccccc32)cc1. The number of nitrogens with zero attached hydrogens (tertiary/aromatic N) is 2. The van der Waals surface area contributed by atoms with Crippen molar-refractivity contribution in [1.82, 2.24) is 14.9 Å². The molecule has 5 nitrogen and oxygen atoms in total. The number of aryl methyl sites for hydroxylation is 1. The molecule has 0 aliphatic rings. The van der Waals surface area contributed by atoms with Gasteiger partial charge in [0.2, 0.25) is 0 Å². The summed E-state index contributed by atoms with van der Waals surface area (Å²) in [4.78, 5) is 16.5. The molecule has 2 heterocycles. The summed E-state index contributed by atoms with van der Waals surface area (Å²) in [5, 5.41) is 2.87. The fourth-order valence-corrected chi connectivity index (χ4v) is 2.81. The van der Waals surface area contributed by atoms with Crippen LogP contribution in [-0.4, -0.2) is 15.5 Å². The number of carbonyl (C=O) groups is 1. The van der Waals surface area contributed by atoms with E-state index in [2.05, 4.69) is 10.3 Å². The zero-order valence-corrected chi connectivity index (χ0v) is 13.8. The van der Waals surface area contributed by atoms with E-state index in [1.54, 1.807) is 6.07 Å². The highest BCUT2D eigenvalue weighted by atomic mass is 16.3. The zero-order valence-electron chi connectivity index (χ0n) is 13.8. The van der Waals surface area contributed by atoms with E-state index in [0.29, 0.717) is 12.3 Å². The van der Waals surface area contributed by atoms with E-state index in [-0.39, 0.29) is 5.91 Å². The average molecular weight is 331 g/mol. The van der Waals surface area contributed by atoms with Gasteiger partial charge in [0, 0.05) is 17.8 Å². The number of furan rings is 1. The topological polar surface area (TPSA) is 60.1 Å². The van der Waals surface area contributed by atoms with Gasteiger partial charge >= 0.3 is 0 Å². The van der Waals surface area contributed by atoms with Crippen LogP contribution in [0.2, 0.25) is 0 Å². The third kappa shape index (κ3) is 2.92. The normalized spacial score (nSPS) is 10.9. The number of benzene rings is 2. The molecular weight excluding hydrogens is 314 g/mol. The lowest BCUT2D eigenvalue weighted by atomic mass is 10.2. The van der Waals surface area contributed by atoms with Gasteiger partial charge in [0.1, 0.15) is 6.33 Å². The van der Waals surface area contributed by atoms with Crippen LogP contribution in [0.3, 0.4) is 0 Å². The number of hydrogen-bond acceptors (Lipinski definition) is 3. The van der Waals surface area contributed by atoms with Crippen LogP contribution in [0.5, 0.6) is 0 Å². The Balaban J connectivity index is 1.49. The first-order valence-corrected chi connectivity index (χ1v) is 8.06. The molecule has 0 spiro atoms. The fraction of sp³-hybridized carbons (Fsp3) is 0.100. The molecule has 2 aromatic heterocycles. The second-order valence-electron chi connectivity index (χ2n) is 5.89. The molecule has 0 aliphatic heterocycles. The van der Waals surface area contributed by atoms with Crippen LogP contribution in [0.1, 0.15) is 21.7 Å². The van der Waals surface area contributed by atoms with Crippen molar-refractivity contribution in [3.63, 3.8) is 0 Å². The molecule has 0 aliphatic carbocycles. The number of rotatable bonds is 4. The predicted octanol–water partition coefficient (Wildman–Crippen LogP) is 3.86. The standard InChI is InChI=1S/C20H17N3O2/c1-14-10-11-25-19(14)20(24)21-12-15-6-8-16(9-7-15)23-13-22-17-4-2-3-5-18(17)23/h2-11,13H,12H2,1H3,(H,21,24). The van der Waals surface area contributed by atoms with E-state index in [1.165, 1.54) is 6.26 Å². The third-order valence-electron chi connectivity index (χ3n) is 4.19. The van der Waals surface area contributed by atoms with Crippen molar-refractivity contribution in [2.75, 3.05) is 0 Å². The Hall–Kier alpha value is -3.34. The lowest BCUT2D eigenvalue weighted by Crippen LogP contribution is -2.22. The van der Waals surface area contributed by atoms with Crippen molar-refractivity contribution in [3.8, 4) is 5.69 Å². The maximum absolute atomic E-state index is 12.1. The average Bonchev–Trinajstić information content (AvgIpc) is 3.26. The van der Waals surface area contributed by atoms with Gasteiger partial charge in [0.25, 0.3) is 5.91 Å². The molecule has 124 valence electrons. The van der Waals surface area contributed by atoms with E-state index in [4.69, 9.17) is 4.42 Å². The molecule has 1 N–H and O–H groups in total. The Bertz CT molecular complexity index is 1030. The number of nitrogens with one attached hydrogen (secondary N) is 1. The largest absolute Gasteiger partial charge is 0.459 e. The highest BCUT2D eigenvalue weighted by Gasteiger charge is 2.12. The van der Waals surface area contributed by atoms with Gasteiger partial charge in [-0.05, 0) is 42.8 Å². The van der Waals surface area contributed by atoms with Gasteiger partial charge < -0.3 is 9.73 Å². The summed E-state index contributed by atoms with van der Waals surface area (Å²) in [5.74, 6) is 0.161. The Kier molecular flexibility index (Phi) is 3.82. The number of fused-ring (bicyclic) bond motifs is 1. The molecule has 0 saturated carbocycles. The quantitative estimate of drug-likeness (QED) is 0.618. The number of para-hydroxylation sites is 2. The summed E-state index contributed by atoms with van der Waals surface area (Å²) in [6.45, 7) is 2.30. The molecule has 0 saturated heterocycles. The highest BCUT2D eigenvalue weighted by molar-refractivity contribution is 5.92. The summed E-state index contributed by atoms with van der Waals surface area (Å²) < 4.78 is 7.25. The molecule has 0 atom stereocenters. The van der Waals surface area contributed by atoms with Crippen LogP contribution in [0.15, 0.2) is 71.6 Å². The van der Waals surface area contributed by atoms with Crippen LogP contribution in [-0.2, 0) is 6.54 Å². The van der Waals surface area contributed by atoms with Gasteiger partial charge in [-0.1, -0.05) is 24.3 Å². The lowest BCUT2D eigenvalue weighted by Gasteiger charge is -2.07. The molecule has 0 fully saturated rings. The van der Waals surface area contributed by atoms with Crippen LogP contribution >= 0.6 is 0 Å². The van der Waals surface area contributed by atoms with E-state index in [0.717, 1.165) is 27.8 Å². The second-order valence-corrected chi connectivity index (χ2v) is 5.89.